The molecule has 0 heterocycles. The summed E-state index contributed by atoms with van der Waals surface area (Å²) in [5, 5.41) is 3.70. The first-order valence-corrected chi connectivity index (χ1v) is 8.20. The van der Waals surface area contributed by atoms with Crippen LogP contribution in [0.25, 0.3) is 0 Å². The van der Waals surface area contributed by atoms with Crippen molar-refractivity contribution in [2.45, 2.75) is 20.3 Å². The number of amides is 1. The lowest BCUT2D eigenvalue weighted by molar-refractivity contribution is 0.102. The first-order valence-electron chi connectivity index (χ1n) is 7.45. The maximum absolute atomic E-state index is 12.2. The van der Waals surface area contributed by atoms with Crippen molar-refractivity contribution in [3.8, 4) is 5.75 Å². The number of ether oxygens (including phenoxy) is 1. The van der Waals surface area contributed by atoms with E-state index < -0.39 is 0 Å². The molecule has 0 radical (unpaired) electrons. The van der Waals surface area contributed by atoms with E-state index in [0.29, 0.717) is 33.8 Å². The molecule has 0 saturated heterocycles. The minimum Gasteiger partial charge on any atom is -0.494 e. The Hall–Kier alpha value is -1.71. The topological polar surface area (TPSA) is 38.3 Å². The van der Waals surface area contributed by atoms with Crippen LogP contribution in [0.15, 0.2) is 42.5 Å². The molecule has 23 heavy (non-hydrogen) atoms. The van der Waals surface area contributed by atoms with E-state index in [2.05, 4.69) is 19.2 Å². The first kappa shape index (κ1) is 17.6. The smallest absolute Gasteiger partial charge is 0.255 e. The molecule has 0 bridgehead atoms. The van der Waals surface area contributed by atoms with Crippen molar-refractivity contribution in [1.29, 1.82) is 0 Å². The van der Waals surface area contributed by atoms with Crippen LogP contribution in [0.1, 0.15) is 30.6 Å². The van der Waals surface area contributed by atoms with Gasteiger partial charge in [-0.1, -0.05) is 37.0 Å². The van der Waals surface area contributed by atoms with Gasteiger partial charge in [0.15, 0.2) is 0 Å². The molecule has 2 aromatic rings. The number of halogens is 2. The van der Waals surface area contributed by atoms with Gasteiger partial charge in [-0.2, -0.15) is 0 Å². The van der Waals surface area contributed by atoms with Gasteiger partial charge in [0.2, 0.25) is 0 Å². The lowest BCUT2D eigenvalue weighted by Gasteiger charge is -2.10. The van der Waals surface area contributed by atoms with Crippen LogP contribution in [-0.4, -0.2) is 12.5 Å². The molecule has 0 spiro atoms. The number of carbonyl (C=O) groups is 1. The first-order chi connectivity index (χ1) is 11.0. The SMILES string of the molecule is CC(C)CCOc1ccc(C(=O)Nc2cc(Cl)ccc2Cl)cc1. The fourth-order valence-electron chi connectivity index (χ4n) is 1.90. The van der Waals surface area contributed by atoms with Gasteiger partial charge in [-0.3, -0.25) is 4.79 Å². The van der Waals surface area contributed by atoms with Gasteiger partial charge in [-0.25, -0.2) is 0 Å². The Morgan fingerprint density at radius 1 is 1.13 bits per heavy atom. The second-order valence-corrected chi connectivity index (χ2v) is 6.48. The van der Waals surface area contributed by atoms with E-state index in [1.54, 1.807) is 42.5 Å². The highest BCUT2D eigenvalue weighted by molar-refractivity contribution is 6.35. The molecule has 122 valence electrons. The molecule has 0 aliphatic rings. The molecule has 2 rings (SSSR count). The highest BCUT2D eigenvalue weighted by atomic mass is 35.5. The zero-order chi connectivity index (χ0) is 16.8. The van der Waals surface area contributed by atoms with Crippen LogP contribution < -0.4 is 10.1 Å². The summed E-state index contributed by atoms with van der Waals surface area (Å²) in [5.74, 6) is 1.10. The van der Waals surface area contributed by atoms with Gasteiger partial charge in [0, 0.05) is 10.6 Å². The highest BCUT2D eigenvalue weighted by Crippen LogP contribution is 2.26. The predicted molar refractivity (Wildman–Crippen MR) is 95.8 cm³/mol. The number of anilines is 1. The minimum atomic E-state index is -0.247. The standard InChI is InChI=1S/C18H19Cl2NO2/c1-12(2)9-10-23-15-6-3-13(4-7-15)18(22)21-17-11-14(19)5-8-16(17)20/h3-8,11-12H,9-10H2,1-2H3,(H,21,22). The van der Waals surface area contributed by atoms with Crippen LogP contribution in [0, 0.1) is 5.92 Å². The van der Waals surface area contributed by atoms with Crippen LogP contribution in [0.4, 0.5) is 5.69 Å². The summed E-state index contributed by atoms with van der Waals surface area (Å²) in [6.45, 7) is 4.97. The van der Waals surface area contributed by atoms with Crippen molar-refractivity contribution in [3.63, 3.8) is 0 Å². The molecule has 3 nitrogen and oxygen atoms in total. The molecular weight excluding hydrogens is 333 g/mol. The molecule has 2 aromatic carbocycles. The molecule has 0 aromatic heterocycles. The third-order valence-corrected chi connectivity index (χ3v) is 3.82. The molecule has 0 saturated carbocycles. The van der Waals surface area contributed by atoms with E-state index in [9.17, 15) is 4.79 Å². The Labute approximate surface area is 146 Å². The molecule has 0 aliphatic heterocycles. The Kier molecular flexibility index (Phi) is 6.31. The zero-order valence-electron chi connectivity index (χ0n) is 13.1. The molecule has 0 unspecified atom stereocenters. The van der Waals surface area contributed by atoms with E-state index in [-0.39, 0.29) is 5.91 Å². The molecule has 5 heteroatoms. The Bertz CT molecular complexity index is 669. The largest absolute Gasteiger partial charge is 0.494 e. The number of hydrogen-bond donors (Lipinski definition) is 1. The van der Waals surface area contributed by atoms with Crippen LogP contribution in [0.3, 0.4) is 0 Å². The number of benzene rings is 2. The Morgan fingerprint density at radius 2 is 1.83 bits per heavy atom. The average Bonchev–Trinajstić information content (AvgIpc) is 2.51. The summed E-state index contributed by atoms with van der Waals surface area (Å²) < 4.78 is 5.63. The van der Waals surface area contributed by atoms with Gasteiger partial charge in [0.25, 0.3) is 5.91 Å². The van der Waals surface area contributed by atoms with E-state index >= 15 is 0 Å². The Morgan fingerprint density at radius 3 is 2.48 bits per heavy atom. The summed E-state index contributed by atoms with van der Waals surface area (Å²) in [6.07, 6.45) is 0.996. The number of nitrogens with one attached hydrogen (secondary N) is 1. The van der Waals surface area contributed by atoms with Gasteiger partial charge in [0.05, 0.1) is 17.3 Å². The quantitative estimate of drug-likeness (QED) is 0.727. The number of carbonyl (C=O) groups excluding carboxylic acids is 1. The fraction of sp³-hybridized carbons (Fsp3) is 0.278. The van der Waals surface area contributed by atoms with E-state index in [1.807, 2.05) is 0 Å². The summed E-state index contributed by atoms with van der Waals surface area (Å²) in [5.41, 5.74) is 1.01. The van der Waals surface area contributed by atoms with E-state index in [4.69, 9.17) is 27.9 Å². The predicted octanol–water partition coefficient (Wildman–Crippen LogP) is 5.67. The molecular formula is C18H19Cl2NO2. The monoisotopic (exact) mass is 351 g/mol. The minimum absolute atomic E-state index is 0.247. The van der Waals surface area contributed by atoms with Crippen LogP contribution >= 0.6 is 23.2 Å². The third-order valence-electron chi connectivity index (χ3n) is 3.26. The average molecular weight is 352 g/mol. The molecule has 0 fully saturated rings. The lowest BCUT2D eigenvalue weighted by Crippen LogP contribution is -2.12. The van der Waals surface area contributed by atoms with Crippen molar-refractivity contribution >= 4 is 34.8 Å². The highest BCUT2D eigenvalue weighted by Gasteiger charge is 2.09. The molecule has 0 aliphatic carbocycles. The van der Waals surface area contributed by atoms with Crippen molar-refractivity contribution in [3.05, 3.63) is 58.1 Å². The van der Waals surface area contributed by atoms with Gasteiger partial charge < -0.3 is 10.1 Å². The number of hydrogen-bond acceptors (Lipinski definition) is 2. The second kappa shape index (κ2) is 8.23. The van der Waals surface area contributed by atoms with Gasteiger partial charge >= 0.3 is 0 Å². The van der Waals surface area contributed by atoms with Gasteiger partial charge in [-0.05, 0) is 54.8 Å². The second-order valence-electron chi connectivity index (χ2n) is 5.63. The summed E-state index contributed by atoms with van der Waals surface area (Å²) in [7, 11) is 0. The van der Waals surface area contributed by atoms with Crippen molar-refractivity contribution < 1.29 is 9.53 Å². The van der Waals surface area contributed by atoms with Crippen LogP contribution in [0.2, 0.25) is 10.0 Å². The van der Waals surface area contributed by atoms with Crippen molar-refractivity contribution in [1.82, 2.24) is 0 Å². The maximum atomic E-state index is 12.2. The maximum Gasteiger partial charge on any atom is 0.255 e. The van der Waals surface area contributed by atoms with Crippen LogP contribution in [-0.2, 0) is 0 Å². The number of rotatable bonds is 6. The fourth-order valence-corrected chi connectivity index (χ4v) is 2.24. The normalized spacial score (nSPS) is 10.7. The van der Waals surface area contributed by atoms with Crippen molar-refractivity contribution in [2.24, 2.45) is 5.92 Å². The van der Waals surface area contributed by atoms with Gasteiger partial charge in [-0.15, -0.1) is 0 Å². The summed E-state index contributed by atoms with van der Waals surface area (Å²) >= 11 is 12.0. The lowest BCUT2D eigenvalue weighted by atomic mass is 10.1. The van der Waals surface area contributed by atoms with Gasteiger partial charge in [0.1, 0.15) is 5.75 Å². The van der Waals surface area contributed by atoms with Crippen molar-refractivity contribution in [2.75, 3.05) is 11.9 Å². The molecule has 1 amide bonds. The summed E-state index contributed by atoms with van der Waals surface area (Å²) in [4.78, 5) is 12.2. The third kappa shape index (κ3) is 5.45. The molecule has 1 N–H and O–H groups in total. The summed E-state index contributed by atoms with van der Waals surface area (Å²) in [6, 6.07) is 11.9. The van der Waals surface area contributed by atoms with Crippen LogP contribution in [0.5, 0.6) is 5.75 Å². The van der Waals surface area contributed by atoms with E-state index in [1.165, 1.54) is 0 Å². The van der Waals surface area contributed by atoms with E-state index in [0.717, 1.165) is 12.2 Å². The zero-order valence-corrected chi connectivity index (χ0v) is 14.6. The molecule has 0 atom stereocenters. The Balaban J connectivity index is 1.98.